The van der Waals surface area contributed by atoms with Crippen molar-refractivity contribution in [2.24, 2.45) is 5.73 Å². The van der Waals surface area contributed by atoms with Crippen molar-refractivity contribution in [3.05, 3.63) is 58.1 Å². The summed E-state index contributed by atoms with van der Waals surface area (Å²) in [6, 6.07) is 11.2. The molecule has 3 N–H and O–H groups in total. The van der Waals surface area contributed by atoms with E-state index in [4.69, 9.17) is 26.8 Å². The van der Waals surface area contributed by atoms with E-state index in [0.717, 1.165) is 38.3 Å². The fourth-order valence-electron chi connectivity index (χ4n) is 3.52. The molecule has 3 rings (SSSR count). The minimum atomic E-state index is -0.639. The van der Waals surface area contributed by atoms with Crippen molar-refractivity contribution in [2.75, 3.05) is 46.9 Å². The van der Waals surface area contributed by atoms with Gasteiger partial charge in [-0.05, 0) is 30.3 Å². The van der Waals surface area contributed by atoms with Gasteiger partial charge in [-0.25, -0.2) is 0 Å². The molecule has 32 heavy (non-hydrogen) atoms. The number of halogens is 1. The summed E-state index contributed by atoms with van der Waals surface area (Å²) in [6.45, 7) is 5.21. The van der Waals surface area contributed by atoms with Crippen LogP contribution >= 0.6 is 11.6 Å². The Kier molecular flexibility index (Phi) is 8.33. The fraction of sp³-hybridized carbons (Fsp3) is 0.391. The second kappa shape index (κ2) is 11.2. The Bertz CT molecular complexity index is 961. The van der Waals surface area contributed by atoms with Gasteiger partial charge < -0.3 is 25.4 Å². The quantitative estimate of drug-likeness (QED) is 0.593. The van der Waals surface area contributed by atoms with E-state index in [1.807, 2.05) is 12.1 Å². The molecule has 0 unspecified atom stereocenters. The number of likely N-dealkylation sites (N-methyl/N-ethyl adjacent to an activating group) is 1. The van der Waals surface area contributed by atoms with Crippen LogP contribution < -0.4 is 20.5 Å². The lowest BCUT2D eigenvalue weighted by Gasteiger charge is -2.32. The number of hydrogen-bond acceptors (Lipinski definition) is 6. The van der Waals surface area contributed by atoms with E-state index in [2.05, 4.69) is 34.3 Å². The summed E-state index contributed by atoms with van der Waals surface area (Å²) in [5.41, 5.74) is 7.67. The topological polar surface area (TPSA) is 97.1 Å². The molecule has 1 aliphatic heterocycles. The molecule has 1 fully saturated rings. The van der Waals surface area contributed by atoms with Crippen LogP contribution in [0, 0.1) is 0 Å². The third-order valence-electron chi connectivity index (χ3n) is 5.30. The second-order valence-electron chi connectivity index (χ2n) is 7.83. The van der Waals surface area contributed by atoms with E-state index >= 15 is 0 Å². The van der Waals surface area contributed by atoms with E-state index in [1.165, 1.54) is 24.8 Å². The van der Waals surface area contributed by atoms with Crippen LogP contribution in [0.15, 0.2) is 36.4 Å². The van der Waals surface area contributed by atoms with Crippen molar-refractivity contribution in [1.29, 1.82) is 0 Å². The zero-order chi connectivity index (χ0) is 23.1. The van der Waals surface area contributed by atoms with Gasteiger partial charge in [0.25, 0.3) is 11.8 Å². The van der Waals surface area contributed by atoms with Crippen LogP contribution in [-0.4, -0.2) is 68.6 Å². The summed E-state index contributed by atoms with van der Waals surface area (Å²) in [5, 5.41) is 3.07. The molecule has 0 spiro atoms. The van der Waals surface area contributed by atoms with Gasteiger partial charge in [0.15, 0.2) is 18.1 Å². The molecule has 0 radical (unpaired) electrons. The Labute approximate surface area is 193 Å². The summed E-state index contributed by atoms with van der Waals surface area (Å²) in [5.74, 6) is -0.518. The summed E-state index contributed by atoms with van der Waals surface area (Å²) in [4.78, 5) is 28.4. The molecule has 1 aliphatic rings. The number of ether oxygens (including phenoxy) is 2. The Balaban J connectivity index is 1.61. The predicted molar refractivity (Wildman–Crippen MR) is 123 cm³/mol. The maximum atomic E-state index is 12.7. The molecule has 0 atom stereocenters. The molecule has 0 bridgehead atoms. The number of amides is 2. The lowest BCUT2D eigenvalue weighted by molar-refractivity contribution is -0.119. The summed E-state index contributed by atoms with van der Waals surface area (Å²) >= 11 is 6.24. The Morgan fingerprint density at radius 1 is 1.12 bits per heavy atom. The van der Waals surface area contributed by atoms with Gasteiger partial charge in [0.1, 0.15) is 0 Å². The zero-order valence-corrected chi connectivity index (χ0v) is 19.2. The summed E-state index contributed by atoms with van der Waals surface area (Å²) in [6.07, 6.45) is 0. The van der Waals surface area contributed by atoms with Crippen molar-refractivity contribution in [3.8, 4) is 11.5 Å². The van der Waals surface area contributed by atoms with Gasteiger partial charge >= 0.3 is 0 Å². The van der Waals surface area contributed by atoms with E-state index in [1.54, 1.807) is 0 Å². The Morgan fingerprint density at radius 2 is 1.84 bits per heavy atom. The second-order valence-corrected chi connectivity index (χ2v) is 8.23. The van der Waals surface area contributed by atoms with Gasteiger partial charge in [-0.2, -0.15) is 0 Å². The lowest BCUT2D eigenvalue weighted by Crippen LogP contribution is -2.43. The number of primary amides is 1. The van der Waals surface area contributed by atoms with Crippen LogP contribution in [0.1, 0.15) is 21.5 Å². The van der Waals surface area contributed by atoms with Crippen LogP contribution in [0.5, 0.6) is 11.5 Å². The number of hydrogen-bond donors (Lipinski definition) is 2. The first-order valence-electron chi connectivity index (χ1n) is 10.4. The standard InChI is InChI=1S/C23H29ClN4O4/c1-27-6-8-28(9-7-27)14-17-5-3-4-16(10-17)13-26-23(30)18-11-19(24)22(20(12-18)31-2)32-15-21(25)29/h3-5,10-12H,6-9,13-15H2,1-2H3,(H2,25,29)(H,26,30). The van der Waals surface area contributed by atoms with Gasteiger partial charge in [-0.1, -0.05) is 35.9 Å². The van der Waals surface area contributed by atoms with Crippen molar-refractivity contribution in [2.45, 2.75) is 13.1 Å². The van der Waals surface area contributed by atoms with Crippen molar-refractivity contribution < 1.29 is 19.1 Å². The van der Waals surface area contributed by atoms with Crippen molar-refractivity contribution in [1.82, 2.24) is 15.1 Å². The molecular weight excluding hydrogens is 432 g/mol. The molecule has 172 valence electrons. The number of piperazine rings is 1. The molecule has 2 aromatic rings. The Hall–Kier alpha value is -2.81. The molecule has 1 heterocycles. The maximum absolute atomic E-state index is 12.7. The van der Waals surface area contributed by atoms with Gasteiger partial charge in [-0.15, -0.1) is 0 Å². The number of nitrogens with zero attached hydrogens (tertiary/aromatic N) is 2. The maximum Gasteiger partial charge on any atom is 0.255 e. The highest BCUT2D eigenvalue weighted by atomic mass is 35.5. The fourth-order valence-corrected chi connectivity index (χ4v) is 3.79. The highest BCUT2D eigenvalue weighted by molar-refractivity contribution is 6.32. The van der Waals surface area contributed by atoms with Gasteiger partial charge in [0.2, 0.25) is 0 Å². The predicted octanol–water partition coefficient (Wildman–Crippen LogP) is 1.89. The molecule has 8 nitrogen and oxygen atoms in total. The molecule has 2 aromatic carbocycles. The highest BCUT2D eigenvalue weighted by Crippen LogP contribution is 2.36. The number of carbonyl (C=O) groups excluding carboxylic acids is 2. The van der Waals surface area contributed by atoms with Crippen LogP contribution in [0.25, 0.3) is 0 Å². The van der Waals surface area contributed by atoms with Crippen LogP contribution in [0.3, 0.4) is 0 Å². The molecule has 9 heteroatoms. The van der Waals surface area contributed by atoms with Crippen molar-refractivity contribution >= 4 is 23.4 Å². The monoisotopic (exact) mass is 460 g/mol. The molecule has 0 saturated carbocycles. The lowest BCUT2D eigenvalue weighted by atomic mass is 10.1. The summed E-state index contributed by atoms with van der Waals surface area (Å²) in [7, 11) is 3.57. The normalized spacial score (nSPS) is 14.7. The number of nitrogens with two attached hydrogens (primary N) is 1. The molecule has 1 saturated heterocycles. The SMILES string of the molecule is COc1cc(C(=O)NCc2cccc(CN3CCN(C)CC3)c2)cc(Cl)c1OCC(N)=O. The van der Waals surface area contributed by atoms with E-state index in [-0.39, 0.29) is 29.0 Å². The van der Waals surface area contributed by atoms with Crippen LogP contribution in [0.2, 0.25) is 5.02 Å². The molecule has 0 aliphatic carbocycles. The third-order valence-corrected chi connectivity index (χ3v) is 5.58. The minimum absolute atomic E-state index is 0.157. The first-order valence-corrected chi connectivity index (χ1v) is 10.8. The average Bonchev–Trinajstić information content (AvgIpc) is 2.77. The van der Waals surface area contributed by atoms with Gasteiger partial charge in [-0.3, -0.25) is 14.5 Å². The third kappa shape index (κ3) is 6.59. The average molecular weight is 461 g/mol. The van der Waals surface area contributed by atoms with Gasteiger partial charge in [0, 0.05) is 44.8 Å². The van der Waals surface area contributed by atoms with E-state index in [0.29, 0.717) is 12.1 Å². The molecular formula is C23H29ClN4O4. The summed E-state index contributed by atoms with van der Waals surface area (Å²) < 4.78 is 10.6. The van der Waals surface area contributed by atoms with Gasteiger partial charge in [0.05, 0.1) is 12.1 Å². The number of nitrogens with one attached hydrogen (secondary N) is 1. The number of methoxy groups -OCH3 is 1. The van der Waals surface area contributed by atoms with Crippen molar-refractivity contribution in [3.63, 3.8) is 0 Å². The molecule has 0 aromatic heterocycles. The highest BCUT2D eigenvalue weighted by Gasteiger charge is 2.17. The van der Waals surface area contributed by atoms with Crippen LogP contribution in [0.4, 0.5) is 0 Å². The number of carbonyl (C=O) groups is 2. The largest absolute Gasteiger partial charge is 0.493 e. The number of rotatable bonds is 9. The van der Waals surface area contributed by atoms with E-state index < -0.39 is 5.91 Å². The van der Waals surface area contributed by atoms with Crippen LogP contribution in [-0.2, 0) is 17.9 Å². The molecule has 2 amide bonds. The first-order chi connectivity index (χ1) is 15.4. The minimum Gasteiger partial charge on any atom is -0.493 e. The first kappa shape index (κ1) is 23.8. The zero-order valence-electron chi connectivity index (χ0n) is 18.4. The number of benzene rings is 2. The Morgan fingerprint density at radius 3 is 2.53 bits per heavy atom. The smallest absolute Gasteiger partial charge is 0.255 e. The van der Waals surface area contributed by atoms with E-state index in [9.17, 15) is 9.59 Å².